The molecule has 1 aromatic rings. The fourth-order valence-corrected chi connectivity index (χ4v) is 3.49. The van der Waals surface area contributed by atoms with Crippen LogP contribution in [-0.2, 0) is 4.74 Å². The second kappa shape index (κ2) is 5.42. The minimum atomic E-state index is -0.0508. The second-order valence-electron chi connectivity index (χ2n) is 6.49. The standard InChI is InChI=1S/C15H24N4O2/c1-11-6-16-14(17-13(11)18(2)3)19-7-12-8-21-5-4-15(12,9-19)10-20/h6,12,20H,4-5,7-10H2,1-3H3/t12-,15-/m1/s1. The van der Waals surface area contributed by atoms with Gasteiger partial charge in [-0.15, -0.1) is 0 Å². The number of fused-ring (bicyclic) bond motifs is 1. The molecule has 21 heavy (non-hydrogen) atoms. The molecule has 0 aromatic carbocycles. The number of aryl methyl sites for hydroxylation is 1. The summed E-state index contributed by atoms with van der Waals surface area (Å²) in [4.78, 5) is 13.4. The lowest BCUT2D eigenvalue weighted by atomic mass is 9.75. The molecule has 1 aromatic heterocycles. The minimum absolute atomic E-state index is 0.0508. The van der Waals surface area contributed by atoms with Crippen LogP contribution in [0.3, 0.4) is 0 Å². The van der Waals surface area contributed by atoms with Gasteiger partial charge in [0.15, 0.2) is 0 Å². The molecule has 2 aliphatic heterocycles. The van der Waals surface area contributed by atoms with Crippen LogP contribution in [0.15, 0.2) is 6.20 Å². The highest BCUT2D eigenvalue weighted by molar-refractivity contribution is 5.49. The fraction of sp³-hybridized carbons (Fsp3) is 0.733. The Hall–Kier alpha value is -1.40. The van der Waals surface area contributed by atoms with E-state index in [4.69, 9.17) is 9.72 Å². The van der Waals surface area contributed by atoms with Gasteiger partial charge in [0, 0.05) is 56.9 Å². The van der Waals surface area contributed by atoms with Crippen LogP contribution in [0.1, 0.15) is 12.0 Å². The summed E-state index contributed by atoms with van der Waals surface area (Å²) in [5.74, 6) is 2.07. The third-order valence-corrected chi connectivity index (χ3v) is 4.83. The molecule has 2 saturated heterocycles. The molecular formula is C15H24N4O2. The first-order chi connectivity index (χ1) is 10.1. The van der Waals surface area contributed by atoms with Crippen LogP contribution in [0.4, 0.5) is 11.8 Å². The van der Waals surface area contributed by atoms with Crippen molar-refractivity contribution in [3.8, 4) is 0 Å². The predicted octanol–water partition coefficient (Wildman–Crippen LogP) is 0.686. The number of anilines is 2. The zero-order valence-corrected chi connectivity index (χ0v) is 13.0. The van der Waals surface area contributed by atoms with Crippen molar-refractivity contribution in [1.82, 2.24) is 9.97 Å². The van der Waals surface area contributed by atoms with Crippen molar-refractivity contribution in [3.63, 3.8) is 0 Å². The molecule has 6 heteroatoms. The fourth-order valence-electron chi connectivity index (χ4n) is 3.49. The Morgan fingerprint density at radius 1 is 1.52 bits per heavy atom. The van der Waals surface area contributed by atoms with Crippen molar-refractivity contribution in [2.24, 2.45) is 11.3 Å². The van der Waals surface area contributed by atoms with Crippen LogP contribution in [0.25, 0.3) is 0 Å². The number of hydrogen-bond acceptors (Lipinski definition) is 6. The highest BCUT2D eigenvalue weighted by atomic mass is 16.5. The van der Waals surface area contributed by atoms with Gasteiger partial charge in [0.25, 0.3) is 0 Å². The van der Waals surface area contributed by atoms with Gasteiger partial charge in [0.1, 0.15) is 5.82 Å². The summed E-state index contributed by atoms with van der Waals surface area (Å²) in [7, 11) is 3.98. The van der Waals surface area contributed by atoms with Crippen molar-refractivity contribution < 1.29 is 9.84 Å². The van der Waals surface area contributed by atoms with Crippen LogP contribution in [0, 0.1) is 18.3 Å². The first-order valence-corrected chi connectivity index (χ1v) is 7.50. The highest BCUT2D eigenvalue weighted by Crippen LogP contribution is 2.42. The molecule has 2 aliphatic rings. The van der Waals surface area contributed by atoms with E-state index >= 15 is 0 Å². The Bertz CT molecular complexity index is 522. The molecule has 116 valence electrons. The van der Waals surface area contributed by atoms with E-state index in [9.17, 15) is 5.11 Å². The molecule has 0 spiro atoms. The Labute approximate surface area is 125 Å². The monoisotopic (exact) mass is 292 g/mol. The summed E-state index contributed by atoms with van der Waals surface area (Å²) >= 11 is 0. The number of hydrogen-bond donors (Lipinski definition) is 1. The maximum absolute atomic E-state index is 9.87. The predicted molar refractivity (Wildman–Crippen MR) is 81.8 cm³/mol. The van der Waals surface area contributed by atoms with Gasteiger partial charge in [-0.3, -0.25) is 0 Å². The quantitative estimate of drug-likeness (QED) is 0.884. The zero-order valence-electron chi connectivity index (χ0n) is 13.0. The van der Waals surface area contributed by atoms with E-state index in [1.807, 2.05) is 32.1 Å². The number of aromatic nitrogens is 2. The van der Waals surface area contributed by atoms with Crippen LogP contribution in [0.5, 0.6) is 0 Å². The van der Waals surface area contributed by atoms with E-state index in [2.05, 4.69) is 9.88 Å². The number of aliphatic hydroxyl groups excluding tert-OH is 1. The molecule has 3 heterocycles. The third-order valence-electron chi connectivity index (χ3n) is 4.83. The Balaban J connectivity index is 1.87. The van der Waals surface area contributed by atoms with Crippen molar-refractivity contribution in [1.29, 1.82) is 0 Å². The van der Waals surface area contributed by atoms with E-state index in [0.29, 0.717) is 5.92 Å². The number of rotatable bonds is 3. The Kier molecular flexibility index (Phi) is 3.75. The van der Waals surface area contributed by atoms with E-state index in [-0.39, 0.29) is 12.0 Å². The van der Waals surface area contributed by atoms with Gasteiger partial charge >= 0.3 is 0 Å². The van der Waals surface area contributed by atoms with Crippen molar-refractivity contribution in [2.45, 2.75) is 13.3 Å². The highest BCUT2D eigenvalue weighted by Gasteiger charge is 2.48. The second-order valence-corrected chi connectivity index (χ2v) is 6.49. The van der Waals surface area contributed by atoms with Gasteiger partial charge in [-0.2, -0.15) is 4.98 Å². The van der Waals surface area contributed by atoms with E-state index in [0.717, 1.165) is 50.1 Å². The van der Waals surface area contributed by atoms with Crippen LogP contribution in [-0.4, -0.2) is 62.1 Å². The lowest BCUT2D eigenvalue weighted by Gasteiger charge is -2.36. The summed E-state index contributed by atoms with van der Waals surface area (Å²) in [5, 5.41) is 9.87. The number of nitrogens with zero attached hydrogens (tertiary/aromatic N) is 4. The number of ether oxygens (including phenoxy) is 1. The Morgan fingerprint density at radius 2 is 2.33 bits per heavy atom. The van der Waals surface area contributed by atoms with Crippen LogP contribution in [0.2, 0.25) is 0 Å². The first kappa shape index (κ1) is 14.5. The lowest BCUT2D eigenvalue weighted by Crippen LogP contribution is -2.41. The van der Waals surface area contributed by atoms with Crippen molar-refractivity contribution in [3.05, 3.63) is 11.8 Å². The summed E-state index contributed by atoms with van der Waals surface area (Å²) < 4.78 is 5.59. The molecule has 1 N–H and O–H groups in total. The molecule has 0 bridgehead atoms. The average molecular weight is 292 g/mol. The van der Waals surface area contributed by atoms with Crippen LogP contribution >= 0.6 is 0 Å². The molecule has 2 atom stereocenters. The normalized spacial score (nSPS) is 28.6. The SMILES string of the molecule is Cc1cnc(N2C[C@@H]3COCC[C@]3(CO)C2)nc1N(C)C. The molecule has 0 unspecified atom stereocenters. The van der Waals surface area contributed by atoms with E-state index in [1.54, 1.807) is 0 Å². The smallest absolute Gasteiger partial charge is 0.227 e. The van der Waals surface area contributed by atoms with E-state index in [1.165, 1.54) is 0 Å². The topological polar surface area (TPSA) is 61.7 Å². The summed E-state index contributed by atoms with van der Waals surface area (Å²) in [5.41, 5.74) is 1.02. The van der Waals surface area contributed by atoms with Gasteiger partial charge in [-0.1, -0.05) is 0 Å². The van der Waals surface area contributed by atoms with E-state index < -0.39 is 0 Å². The molecule has 0 radical (unpaired) electrons. The average Bonchev–Trinajstić information content (AvgIpc) is 2.87. The number of aliphatic hydroxyl groups is 1. The molecular weight excluding hydrogens is 268 g/mol. The van der Waals surface area contributed by atoms with Crippen molar-refractivity contribution >= 4 is 11.8 Å². The van der Waals surface area contributed by atoms with Gasteiger partial charge in [0.05, 0.1) is 13.2 Å². The maximum Gasteiger partial charge on any atom is 0.227 e. The van der Waals surface area contributed by atoms with Gasteiger partial charge in [-0.05, 0) is 13.3 Å². The lowest BCUT2D eigenvalue weighted by molar-refractivity contribution is -0.0410. The molecule has 2 fully saturated rings. The summed E-state index contributed by atoms with van der Waals surface area (Å²) in [6.45, 7) is 5.37. The van der Waals surface area contributed by atoms with Crippen molar-refractivity contribution in [2.75, 3.05) is 56.8 Å². The molecule has 0 amide bonds. The first-order valence-electron chi connectivity index (χ1n) is 7.50. The summed E-state index contributed by atoms with van der Waals surface area (Å²) in [6, 6.07) is 0. The molecule has 0 aliphatic carbocycles. The molecule has 3 rings (SSSR count). The Morgan fingerprint density at radius 3 is 3.00 bits per heavy atom. The summed E-state index contributed by atoms with van der Waals surface area (Å²) in [6.07, 6.45) is 2.79. The molecule has 0 saturated carbocycles. The zero-order chi connectivity index (χ0) is 15.0. The largest absolute Gasteiger partial charge is 0.396 e. The van der Waals surface area contributed by atoms with Gasteiger partial charge in [-0.25, -0.2) is 4.98 Å². The maximum atomic E-state index is 9.87. The third kappa shape index (κ3) is 2.46. The van der Waals surface area contributed by atoms with Crippen LogP contribution < -0.4 is 9.80 Å². The minimum Gasteiger partial charge on any atom is -0.396 e. The molecule has 6 nitrogen and oxygen atoms in total. The van der Waals surface area contributed by atoms with Gasteiger partial charge in [0.2, 0.25) is 5.95 Å². The van der Waals surface area contributed by atoms with Gasteiger partial charge < -0.3 is 19.6 Å².